The lowest BCUT2D eigenvalue weighted by Crippen LogP contribution is -2.16. The zero-order chi connectivity index (χ0) is 22.6. The largest absolute Gasteiger partial charge is 0.573 e. The van der Waals surface area contributed by atoms with E-state index in [1.165, 1.54) is 19.1 Å². The molecule has 9 heteroatoms. The Balaban J connectivity index is 1.87. The number of nitrogens with one attached hydrogen (secondary N) is 2. The number of hydrogen-bond donors (Lipinski definition) is 2. The van der Waals surface area contributed by atoms with Crippen molar-refractivity contribution in [2.45, 2.75) is 20.2 Å². The van der Waals surface area contributed by atoms with Gasteiger partial charge in [0.05, 0.1) is 17.1 Å². The predicted molar refractivity (Wildman–Crippen MR) is 113 cm³/mol. The maximum absolute atomic E-state index is 12.3. The molecule has 0 heterocycles. The van der Waals surface area contributed by atoms with E-state index in [0.717, 1.165) is 17.7 Å². The van der Waals surface area contributed by atoms with Crippen molar-refractivity contribution in [3.8, 4) is 17.2 Å². The van der Waals surface area contributed by atoms with Crippen LogP contribution in [0.1, 0.15) is 12.5 Å². The molecule has 0 spiro atoms. The van der Waals surface area contributed by atoms with Crippen LogP contribution in [0.4, 0.5) is 30.2 Å². The molecule has 0 aliphatic rings. The molecule has 2 N–H and O–H groups in total. The number of para-hydroxylation sites is 2. The molecular weight excluding hydrogens is 433 g/mol. The molecule has 0 saturated carbocycles. The van der Waals surface area contributed by atoms with Crippen LogP contribution in [-0.4, -0.2) is 12.3 Å². The highest BCUT2D eigenvalue weighted by molar-refractivity contribution is 6.32. The topological polar surface area (TPSA) is 59.6 Å². The van der Waals surface area contributed by atoms with Crippen LogP contribution in [0.2, 0.25) is 5.02 Å². The Bertz CT molecular complexity index is 1090. The van der Waals surface area contributed by atoms with Crippen molar-refractivity contribution >= 4 is 34.6 Å². The summed E-state index contributed by atoms with van der Waals surface area (Å²) in [7, 11) is 0. The second-order valence-electron chi connectivity index (χ2n) is 6.52. The van der Waals surface area contributed by atoms with E-state index in [1.54, 1.807) is 43.3 Å². The van der Waals surface area contributed by atoms with Crippen molar-refractivity contribution in [1.29, 1.82) is 0 Å². The first kappa shape index (κ1) is 22.3. The zero-order valence-electron chi connectivity index (χ0n) is 16.5. The van der Waals surface area contributed by atoms with Crippen molar-refractivity contribution in [1.82, 2.24) is 0 Å². The summed E-state index contributed by atoms with van der Waals surface area (Å²) < 4.78 is 46.7. The molecule has 162 valence electrons. The van der Waals surface area contributed by atoms with E-state index in [1.807, 2.05) is 0 Å². The normalized spacial score (nSPS) is 11.0. The van der Waals surface area contributed by atoms with Gasteiger partial charge in [-0.15, -0.1) is 13.2 Å². The highest BCUT2D eigenvalue weighted by atomic mass is 35.5. The van der Waals surface area contributed by atoms with Gasteiger partial charge < -0.3 is 20.1 Å². The maximum atomic E-state index is 12.3. The number of carbonyl (C=O) groups excluding carboxylic acids is 1. The third kappa shape index (κ3) is 6.05. The summed E-state index contributed by atoms with van der Waals surface area (Å²) >= 11 is 6.24. The SMILES string of the molecule is CC(=O)Nc1ccc(Cl)c(C)c1Nc1ccccc1Oc1ccc(OC(F)(F)F)cc1. The molecule has 0 aliphatic carbocycles. The minimum atomic E-state index is -4.76. The molecule has 3 aromatic rings. The average molecular weight is 451 g/mol. The molecule has 5 nitrogen and oxygen atoms in total. The molecule has 0 atom stereocenters. The van der Waals surface area contributed by atoms with Gasteiger partial charge in [-0.1, -0.05) is 23.7 Å². The molecule has 0 aliphatic heterocycles. The molecule has 0 saturated heterocycles. The Kier molecular flexibility index (Phi) is 6.60. The Morgan fingerprint density at radius 3 is 2.23 bits per heavy atom. The smallest absolute Gasteiger partial charge is 0.455 e. The molecule has 0 fully saturated rings. The fraction of sp³-hybridized carbons (Fsp3) is 0.136. The van der Waals surface area contributed by atoms with Crippen LogP contribution >= 0.6 is 11.6 Å². The predicted octanol–water partition coefficient (Wildman–Crippen LogP) is 7.04. The second kappa shape index (κ2) is 9.18. The van der Waals surface area contributed by atoms with Crippen molar-refractivity contribution in [3.05, 3.63) is 71.2 Å². The van der Waals surface area contributed by atoms with Gasteiger partial charge in [-0.05, 0) is 61.0 Å². The lowest BCUT2D eigenvalue weighted by Gasteiger charge is -2.18. The van der Waals surface area contributed by atoms with Crippen LogP contribution in [0.3, 0.4) is 0 Å². The number of alkyl halides is 3. The van der Waals surface area contributed by atoms with Gasteiger partial charge >= 0.3 is 6.36 Å². The van der Waals surface area contributed by atoms with E-state index in [0.29, 0.717) is 33.6 Å². The van der Waals surface area contributed by atoms with Crippen LogP contribution in [0.25, 0.3) is 0 Å². The van der Waals surface area contributed by atoms with Crippen molar-refractivity contribution in [3.63, 3.8) is 0 Å². The fourth-order valence-corrected chi connectivity index (χ4v) is 2.93. The quantitative estimate of drug-likeness (QED) is 0.422. The van der Waals surface area contributed by atoms with E-state index >= 15 is 0 Å². The third-order valence-electron chi connectivity index (χ3n) is 4.14. The number of carbonyl (C=O) groups is 1. The Morgan fingerprint density at radius 2 is 1.58 bits per heavy atom. The molecule has 0 radical (unpaired) electrons. The number of benzene rings is 3. The fourth-order valence-electron chi connectivity index (χ4n) is 2.77. The Labute approximate surface area is 181 Å². The van der Waals surface area contributed by atoms with Crippen molar-refractivity contribution in [2.24, 2.45) is 0 Å². The van der Waals surface area contributed by atoms with Crippen LogP contribution < -0.4 is 20.1 Å². The number of anilines is 3. The van der Waals surface area contributed by atoms with E-state index < -0.39 is 6.36 Å². The first-order valence-electron chi connectivity index (χ1n) is 9.09. The Morgan fingerprint density at radius 1 is 0.935 bits per heavy atom. The molecule has 0 unspecified atom stereocenters. The van der Waals surface area contributed by atoms with E-state index in [9.17, 15) is 18.0 Å². The van der Waals surface area contributed by atoms with Crippen molar-refractivity contribution in [2.75, 3.05) is 10.6 Å². The van der Waals surface area contributed by atoms with Crippen LogP contribution in [0.15, 0.2) is 60.7 Å². The van der Waals surface area contributed by atoms with E-state index in [-0.39, 0.29) is 11.7 Å². The van der Waals surface area contributed by atoms with Gasteiger partial charge in [-0.3, -0.25) is 4.79 Å². The molecule has 3 rings (SSSR count). The summed E-state index contributed by atoms with van der Waals surface area (Å²) in [6.45, 7) is 3.20. The minimum Gasteiger partial charge on any atom is -0.455 e. The van der Waals surface area contributed by atoms with Gasteiger partial charge in [0, 0.05) is 11.9 Å². The highest BCUT2D eigenvalue weighted by Gasteiger charge is 2.31. The minimum absolute atomic E-state index is 0.240. The maximum Gasteiger partial charge on any atom is 0.573 e. The standard InChI is InChI=1S/C22H18ClF3N2O3/c1-13-17(23)11-12-19(27-14(2)29)21(13)28-18-5-3-4-6-20(18)30-15-7-9-16(10-8-15)31-22(24,25)26/h3-12,28H,1-2H3,(H,27,29). The molecule has 3 aromatic carbocycles. The molecule has 0 aromatic heterocycles. The monoisotopic (exact) mass is 450 g/mol. The summed E-state index contributed by atoms with van der Waals surface area (Å²) in [6.07, 6.45) is -4.76. The molecular formula is C22H18ClF3N2O3. The number of hydrogen-bond acceptors (Lipinski definition) is 4. The summed E-state index contributed by atoms with van der Waals surface area (Å²) in [4.78, 5) is 11.6. The summed E-state index contributed by atoms with van der Waals surface area (Å²) in [6, 6.07) is 15.4. The van der Waals surface area contributed by atoms with Gasteiger partial charge in [0.25, 0.3) is 0 Å². The van der Waals surface area contributed by atoms with Gasteiger partial charge in [-0.25, -0.2) is 0 Å². The van der Waals surface area contributed by atoms with Gasteiger partial charge in [0.15, 0.2) is 5.75 Å². The van der Waals surface area contributed by atoms with Crippen molar-refractivity contribution < 1.29 is 27.4 Å². The lowest BCUT2D eigenvalue weighted by atomic mass is 10.1. The Hall–Kier alpha value is -3.39. The van der Waals surface area contributed by atoms with Gasteiger partial charge in [-0.2, -0.15) is 0 Å². The first-order chi connectivity index (χ1) is 14.6. The summed E-state index contributed by atoms with van der Waals surface area (Å²) in [5.74, 6) is 0.144. The number of halogens is 4. The summed E-state index contributed by atoms with van der Waals surface area (Å²) in [5.41, 5.74) is 2.41. The number of amides is 1. The summed E-state index contributed by atoms with van der Waals surface area (Å²) in [5, 5.41) is 6.48. The first-order valence-corrected chi connectivity index (χ1v) is 9.46. The number of rotatable bonds is 6. The molecule has 31 heavy (non-hydrogen) atoms. The lowest BCUT2D eigenvalue weighted by molar-refractivity contribution is -0.274. The van der Waals surface area contributed by atoms with E-state index in [2.05, 4.69) is 15.4 Å². The highest BCUT2D eigenvalue weighted by Crippen LogP contribution is 2.38. The van der Waals surface area contributed by atoms with Gasteiger partial charge in [0.2, 0.25) is 5.91 Å². The van der Waals surface area contributed by atoms with Crippen LogP contribution in [0.5, 0.6) is 17.2 Å². The van der Waals surface area contributed by atoms with E-state index in [4.69, 9.17) is 16.3 Å². The van der Waals surface area contributed by atoms with Crippen LogP contribution in [0, 0.1) is 6.92 Å². The molecule has 0 bridgehead atoms. The van der Waals surface area contributed by atoms with Gasteiger partial charge in [0.1, 0.15) is 11.5 Å². The van der Waals surface area contributed by atoms with Crippen LogP contribution in [-0.2, 0) is 4.79 Å². The number of ether oxygens (including phenoxy) is 2. The average Bonchev–Trinajstić information content (AvgIpc) is 2.69. The third-order valence-corrected chi connectivity index (χ3v) is 4.55. The zero-order valence-corrected chi connectivity index (χ0v) is 17.3. The second-order valence-corrected chi connectivity index (χ2v) is 6.93. The molecule has 1 amide bonds.